The van der Waals surface area contributed by atoms with E-state index in [-0.39, 0.29) is 5.91 Å². The van der Waals surface area contributed by atoms with Gasteiger partial charge in [0.05, 0.1) is 5.69 Å². The van der Waals surface area contributed by atoms with Gasteiger partial charge >= 0.3 is 0 Å². The van der Waals surface area contributed by atoms with Crippen molar-refractivity contribution in [2.75, 3.05) is 10.6 Å². The van der Waals surface area contributed by atoms with Gasteiger partial charge in [-0.2, -0.15) is 0 Å². The topological polar surface area (TPSA) is 54.0 Å². The minimum Gasteiger partial charge on any atom is -0.332 e. The zero-order chi connectivity index (χ0) is 19.3. The summed E-state index contributed by atoms with van der Waals surface area (Å²) in [7, 11) is 0. The van der Waals surface area contributed by atoms with Crippen molar-refractivity contribution in [2.45, 2.75) is 6.92 Å². The first kappa shape index (κ1) is 17.9. The fourth-order valence-corrected chi connectivity index (χ4v) is 3.48. The van der Waals surface area contributed by atoms with Gasteiger partial charge in [-0.05, 0) is 43.3 Å². The number of anilines is 3. The largest absolute Gasteiger partial charge is 0.332 e. The second-order valence-corrected chi connectivity index (χ2v) is 7.28. The molecule has 0 spiro atoms. The van der Waals surface area contributed by atoms with Gasteiger partial charge in [0.25, 0.3) is 5.91 Å². The van der Waals surface area contributed by atoms with Crippen LogP contribution in [0.15, 0.2) is 84.2 Å². The van der Waals surface area contributed by atoms with Crippen LogP contribution in [0, 0.1) is 6.92 Å². The molecule has 0 aliphatic heterocycles. The molecular formula is C23H19N3OS. The van der Waals surface area contributed by atoms with Crippen LogP contribution in [0.3, 0.4) is 0 Å². The van der Waals surface area contributed by atoms with Crippen molar-refractivity contribution < 1.29 is 4.79 Å². The number of aryl methyl sites for hydroxylation is 1. The molecule has 0 aliphatic carbocycles. The Bertz CT molecular complexity index is 1070. The number of rotatable bonds is 5. The average Bonchev–Trinajstić information content (AvgIpc) is 3.19. The third-order valence-electron chi connectivity index (χ3n) is 4.28. The number of aromatic nitrogens is 1. The molecule has 4 nitrogen and oxygen atoms in total. The second kappa shape index (κ2) is 8.06. The Morgan fingerprint density at radius 2 is 1.54 bits per heavy atom. The maximum Gasteiger partial charge on any atom is 0.255 e. The van der Waals surface area contributed by atoms with Gasteiger partial charge in [0.2, 0.25) is 0 Å². The number of nitrogens with one attached hydrogen (secondary N) is 2. The van der Waals surface area contributed by atoms with Crippen molar-refractivity contribution in [2.24, 2.45) is 0 Å². The van der Waals surface area contributed by atoms with Gasteiger partial charge in [0, 0.05) is 27.9 Å². The predicted molar refractivity (Wildman–Crippen MR) is 116 cm³/mol. The highest BCUT2D eigenvalue weighted by Gasteiger charge is 2.07. The van der Waals surface area contributed by atoms with E-state index in [1.165, 1.54) is 5.56 Å². The lowest BCUT2D eigenvalue weighted by atomic mass is 10.1. The molecule has 0 saturated carbocycles. The van der Waals surface area contributed by atoms with E-state index in [1.54, 1.807) is 23.5 Å². The molecule has 0 unspecified atom stereocenters. The molecule has 0 bridgehead atoms. The van der Waals surface area contributed by atoms with Crippen LogP contribution in [0.5, 0.6) is 0 Å². The Balaban J connectivity index is 1.43. The van der Waals surface area contributed by atoms with Crippen molar-refractivity contribution in [3.63, 3.8) is 0 Å². The standard InChI is InChI=1S/C23H19N3OS/c1-16-7-11-20(12-8-16)25-23-26-21(15-28-23)17-9-13-19(14-10-17)24-22(27)18-5-3-2-4-6-18/h2-15H,1H3,(H,24,27)(H,25,26). The number of amides is 1. The SMILES string of the molecule is Cc1ccc(Nc2nc(-c3ccc(NC(=O)c4ccccc4)cc3)cs2)cc1. The molecule has 0 atom stereocenters. The first-order chi connectivity index (χ1) is 13.7. The number of carbonyl (C=O) groups is 1. The van der Waals surface area contributed by atoms with Crippen LogP contribution in [-0.4, -0.2) is 10.9 Å². The Kier molecular flexibility index (Phi) is 5.17. The number of nitrogens with zero attached hydrogens (tertiary/aromatic N) is 1. The first-order valence-corrected chi connectivity index (χ1v) is 9.81. The van der Waals surface area contributed by atoms with Crippen molar-refractivity contribution in [1.82, 2.24) is 4.98 Å². The lowest BCUT2D eigenvalue weighted by molar-refractivity contribution is 0.102. The van der Waals surface area contributed by atoms with Crippen molar-refractivity contribution >= 4 is 33.8 Å². The summed E-state index contributed by atoms with van der Waals surface area (Å²) >= 11 is 1.56. The predicted octanol–water partition coefficient (Wildman–Crippen LogP) is 6.11. The van der Waals surface area contributed by atoms with E-state index in [1.807, 2.05) is 60.0 Å². The van der Waals surface area contributed by atoms with Gasteiger partial charge in [0.1, 0.15) is 0 Å². The fourth-order valence-electron chi connectivity index (χ4n) is 2.74. The minimum absolute atomic E-state index is 0.119. The summed E-state index contributed by atoms with van der Waals surface area (Å²) in [6.07, 6.45) is 0. The first-order valence-electron chi connectivity index (χ1n) is 8.93. The van der Waals surface area contributed by atoms with Gasteiger partial charge in [0.15, 0.2) is 5.13 Å². The summed E-state index contributed by atoms with van der Waals surface area (Å²) in [4.78, 5) is 16.9. The number of hydrogen-bond donors (Lipinski definition) is 2. The van der Waals surface area contributed by atoms with Crippen LogP contribution in [0.25, 0.3) is 11.3 Å². The molecule has 4 rings (SSSR count). The van der Waals surface area contributed by atoms with Crippen LogP contribution in [-0.2, 0) is 0 Å². The highest BCUT2D eigenvalue weighted by atomic mass is 32.1. The summed E-state index contributed by atoms with van der Waals surface area (Å²) in [5.41, 5.74) is 5.55. The molecule has 4 aromatic rings. The van der Waals surface area contributed by atoms with Crippen molar-refractivity contribution in [1.29, 1.82) is 0 Å². The van der Waals surface area contributed by atoms with E-state index in [2.05, 4.69) is 34.7 Å². The Hall–Kier alpha value is -3.44. The van der Waals surface area contributed by atoms with Gasteiger partial charge < -0.3 is 10.6 Å². The van der Waals surface area contributed by atoms with Crippen LogP contribution in [0.2, 0.25) is 0 Å². The summed E-state index contributed by atoms with van der Waals surface area (Å²) in [6.45, 7) is 2.07. The molecule has 0 radical (unpaired) electrons. The summed E-state index contributed by atoms with van der Waals surface area (Å²) in [6, 6.07) is 25.1. The highest BCUT2D eigenvalue weighted by Crippen LogP contribution is 2.28. The van der Waals surface area contributed by atoms with E-state index < -0.39 is 0 Å². The smallest absolute Gasteiger partial charge is 0.255 e. The number of thiazole rings is 1. The van der Waals surface area contributed by atoms with Crippen LogP contribution >= 0.6 is 11.3 Å². The van der Waals surface area contributed by atoms with E-state index in [4.69, 9.17) is 0 Å². The number of benzene rings is 3. The van der Waals surface area contributed by atoms with Gasteiger partial charge in [-0.25, -0.2) is 4.98 Å². The molecule has 0 fully saturated rings. The molecule has 0 aliphatic rings. The molecule has 5 heteroatoms. The second-order valence-electron chi connectivity index (χ2n) is 6.43. The third kappa shape index (κ3) is 4.27. The van der Waals surface area contributed by atoms with Gasteiger partial charge in [-0.3, -0.25) is 4.79 Å². The monoisotopic (exact) mass is 385 g/mol. The lowest BCUT2D eigenvalue weighted by Crippen LogP contribution is -2.11. The molecule has 3 aromatic carbocycles. The third-order valence-corrected chi connectivity index (χ3v) is 5.04. The normalized spacial score (nSPS) is 10.5. The molecule has 1 aromatic heterocycles. The van der Waals surface area contributed by atoms with Crippen LogP contribution < -0.4 is 10.6 Å². The van der Waals surface area contributed by atoms with E-state index in [0.717, 1.165) is 27.8 Å². The molecule has 1 amide bonds. The zero-order valence-corrected chi connectivity index (χ0v) is 16.2. The molecule has 138 valence electrons. The molecule has 1 heterocycles. The van der Waals surface area contributed by atoms with Crippen molar-refractivity contribution in [3.8, 4) is 11.3 Å². The molecule has 2 N–H and O–H groups in total. The van der Waals surface area contributed by atoms with E-state index in [9.17, 15) is 4.79 Å². The fraction of sp³-hybridized carbons (Fsp3) is 0.0435. The van der Waals surface area contributed by atoms with Crippen LogP contribution in [0.4, 0.5) is 16.5 Å². The Morgan fingerprint density at radius 1 is 0.857 bits per heavy atom. The summed E-state index contributed by atoms with van der Waals surface area (Å²) in [5.74, 6) is -0.119. The molecular weight excluding hydrogens is 366 g/mol. The van der Waals surface area contributed by atoms with Gasteiger partial charge in [-0.1, -0.05) is 48.0 Å². The van der Waals surface area contributed by atoms with E-state index >= 15 is 0 Å². The maximum atomic E-state index is 12.2. The highest BCUT2D eigenvalue weighted by molar-refractivity contribution is 7.14. The minimum atomic E-state index is -0.119. The zero-order valence-electron chi connectivity index (χ0n) is 15.3. The molecule has 0 saturated heterocycles. The lowest BCUT2D eigenvalue weighted by Gasteiger charge is -2.06. The van der Waals surface area contributed by atoms with Crippen LogP contribution in [0.1, 0.15) is 15.9 Å². The Labute approximate surface area is 167 Å². The summed E-state index contributed by atoms with van der Waals surface area (Å²) in [5, 5.41) is 9.11. The van der Waals surface area contributed by atoms with E-state index in [0.29, 0.717) is 5.56 Å². The van der Waals surface area contributed by atoms with Gasteiger partial charge in [-0.15, -0.1) is 11.3 Å². The summed E-state index contributed by atoms with van der Waals surface area (Å²) < 4.78 is 0. The average molecular weight is 385 g/mol. The number of carbonyl (C=O) groups excluding carboxylic acids is 1. The number of hydrogen-bond acceptors (Lipinski definition) is 4. The maximum absolute atomic E-state index is 12.2. The Morgan fingerprint density at radius 3 is 2.25 bits per heavy atom. The molecule has 28 heavy (non-hydrogen) atoms. The van der Waals surface area contributed by atoms with Crippen molar-refractivity contribution in [3.05, 3.63) is 95.4 Å². The quantitative estimate of drug-likeness (QED) is 0.435.